The van der Waals surface area contributed by atoms with E-state index in [9.17, 15) is 4.39 Å². The smallest absolute Gasteiger partial charge is 0.168 e. The van der Waals surface area contributed by atoms with Crippen LogP contribution < -0.4 is 5.32 Å². The van der Waals surface area contributed by atoms with Gasteiger partial charge in [0.25, 0.3) is 0 Å². The number of fused-ring (bicyclic) bond motifs is 1. The van der Waals surface area contributed by atoms with E-state index in [1.807, 2.05) is 13.0 Å². The number of halogens is 2. The van der Waals surface area contributed by atoms with Crippen molar-refractivity contribution in [2.75, 3.05) is 11.9 Å². The van der Waals surface area contributed by atoms with Crippen LogP contribution in [-0.4, -0.2) is 11.5 Å². The van der Waals surface area contributed by atoms with Crippen molar-refractivity contribution in [3.05, 3.63) is 34.6 Å². The van der Waals surface area contributed by atoms with Gasteiger partial charge in [-0.05, 0) is 31.0 Å². The third-order valence-corrected chi connectivity index (χ3v) is 2.90. The van der Waals surface area contributed by atoms with Crippen molar-refractivity contribution in [2.45, 2.75) is 20.3 Å². The minimum absolute atomic E-state index is 0.107. The zero-order chi connectivity index (χ0) is 12.4. The van der Waals surface area contributed by atoms with Gasteiger partial charge in [-0.2, -0.15) is 0 Å². The maximum atomic E-state index is 13.8. The molecule has 2 rings (SSSR count). The number of aromatic nitrogens is 1. The number of nitrogens with one attached hydrogen (secondary N) is 1. The molecule has 1 N–H and O–H groups in total. The summed E-state index contributed by atoms with van der Waals surface area (Å²) in [5.74, 6) is 0.268. The van der Waals surface area contributed by atoms with E-state index in [0.29, 0.717) is 5.52 Å². The van der Waals surface area contributed by atoms with Gasteiger partial charge in [0.1, 0.15) is 11.3 Å². The molecule has 0 saturated carbocycles. The van der Waals surface area contributed by atoms with Crippen LogP contribution in [0.3, 0.4) is 0 Å². The summed E-state index contributed by atoms with van der Waals surface area (Å²) in [5.41, 5.74) is 1.33. The van der Waals surface area contributed by atoms with Gasteiger partial charge in [-0.15, -0.1) is 0 Å². The summed E-state index contributed by atoms with van der Waals surface area (Å²) >= 11 is 5.75. The Morgan fingerprint density at radius 2 is 2.18 bits per heavy atom. The van der Waals surface area contributed by atoms with Gasteiger partial charge in [-0.25, -0.2) is 9.37 Å². The van der Waals surface area contributed by atoms with Crippen molar-refractivity contribution in [3.63, 3.8) is 0 Å². The number of rotatable bonds is 3. The molecule has 0 fully saturated rings. The number of anilines is 1. The van der Waals surface area contributed by atoms with Crippen molar-refractivity contribution in [2.24, 2.45) is 0 Å². The molecule has 0 saturated heterocycles. The van der Waals surface area contributed by atoms with E-state index in [1.165, 1.54) is 0 Å². The van der Waals surface area contributed by atoms with Gasteiger partial charge in [0.05, 0.1) is 5.02 Å². The Kier molecular flexibility index (Phi) is 3.48. The average molecular weight is 253 g/mol. The Labute approximate surface area is 105 Å². The lowest BCUT2D eigenvalue weighted by Gasteiger charge is -2.10. The first-order chi connectivity index (χ1) is 8.13. The Morgan fingerprint density at radius 3 is 2.88 bits per heavy atom. The first-order valence-electron chi connectivity index (χ1n) is 5.62. The number of aryl methyl sites for hydroxylation is 1. The summed E-state index contributed by atoms with van der Waals surface area (Å²) in [5, 5.41) is 4.06. The van der Waals surface area contributed by atoms with Crippen LogP contribution >= 0.6 is 11.6 Å². The van der Waals surface area contributed by atoms with E-state index in [2.05, 4.69) is 17.2 Å². The normalized spacial score (nSPS) is 10.8. The van der Waals surface area contributed by atoms with Crippen molar-refractivity contribution >= 4 is 28.3 Å². The summed E-state index contributed by atoms with van der Waals surface area (Å²) in [6.07, 6.45) is 0.997. The van der Waals surface area contributed by atoms with Gasteiger partial charge in [0, 0.05) is 11.9 Å². The molecule has 0 aliphatic carbocycles. The maximum absolute atomic E-state index is 13.8. The van der Waals surface area contributed by atoms with Crippen LogP contribution in [-0.2, 0) is 0 Å². The van der Waals surface area contributed by atoms with Crippen LogP contribution in [0.15, 0.2) is 18.2 Å². The molecule has 0 bridgehead atoms. The van der Waals surface area contributed by atoms with E-state index < -0.39 is 5.82 Å². The third-order valence-electron chi connectivity index (χ3n) is 2.61. The predicted molar refractivity (Wildman–Crippen MR) is 70.2 cm³/mol. The van der Waals surface area contributed by atoms with Crippen LogP contribution in [0.5, 0.6) is 0 Å². The zero-order valence-electron chi connectivity index (χ0n) is 9.85. The number of hydrogen-bond acceptors (Lipinski definition) is 2. The highest BCUT2D eigenvalue weighted by Gasteiger charge is 2.09. The Bertz CT molecular complexity index is 555. The first-order valence-corrected chi connectivity index (χ1v) is 6.00. The molecule has 0 atom stereocenters. The monoisotopic (exact) mass is 252 g/mol. The minimum Gasteiger partial charge on any atom is -0.370 e. The van der Waals surface area contributed by atoms with Crippen LogP contribution in [0.4, 0.5) is 10.2 Å². The van der Waals surface area contributed by atoms with Gasteiger partial charge < -0.3 is 5.32 Å². The Balaban J connectivity index is 2.56. The minimum atomic E-state index is -0.455. The van der Waals surface area contributed by atoms with Crippen LogP contribution in [0.2, 0.25) is 5.02 Å². The molecule has 1 aromatic heterocycles. The van der Waals surface area contributed by atoms with Crippen molar-refractivity contribution in [1.82, 2.24) is 4.98 Å². The van der Waals surface area contributed by atoms with Gasteiger partial charge in [0.15, 0.2) is 5.82 Å². The molecule has 1 heterocycles. The molecule has 90 valence electrons. The molecule has 4 heteroatoms. The second-order valence-electron chi connectivity index (χ2n) is 4.01. The van der Waals surface area contributed by atoms with Gasteiger partial charge in [0.2, 0.25) is 0 Å². The van der Waals surface area contributed by atoms with Gasteiger partial charge in [-0.3, -0.25) is 0 Å². The van der Waals surface area contributed by atoms with E-state index in [-0.39, 0.29) is 5.02 Å². The van der Waals surface area contributed by atoms with E-state index in [4.69, 9.17) is 11.6 Å². The number of hydrogen-bond donors (Lipinski definition) is 1. The van der Waals surface area contributed by atoms with Crippen molar-refractivity contribution in [1.29, 1.82) is 0 Å². The molecule has 0 spiro atoms. The lowest BCUT2D eigenvalue weighted by atomic mass is 10.1. The number of benzene rings is 1. The first kappa shape index (κ1) is 12.1. The molecule has 2 aromatic rings. The third kappa shape index (κ3) is 2.34. The molecule has 0 aliphatic rings. The molecule has 0 amide bonds. The van der Waals surface area contributed by atoms with E-state index >= 15 is 0 Å². The highest BCUT2D eigenvalue weighted by Crippen LogP contribution is 2.26. The molecule has 0 radical (unpaired) electrons. The molecule has 0 unspecified atom stereocenters. The largest absolute Gasteiger partial charge is 0.370 e. The molecule has 1 aromatic carbocycles. The SMILES string of the molecule is CCCNc1nc2c(F)c(Cl)ccc2cc1C. The zero-order valence-corrected chi connectivity index (χ0v) is 10.6. The molecule has 17 heavy (non-hydrogen) atoms. The van der Waals surface area contributed by atoms with Crippen LogP contribution in [0, 0.1) is 12.7 Å². The van der Waals surface area contributed by atoms with Crippen molar-refractivity contribution in [3.8, 4) is 0 Å². The quantitative estimate of drug-likeness (QED) is 0.887. The number of pyridine rings is 1. The van der Waals surface area contributed by atoms with E-state index in [0.717, 1.165) is 29.7 Å². The van der Waals surface area contributed by atoms with Gasteiger partial charge >= 0.3 is 0 Å². The molecule has 0 aliphatic heterocycles. The molecular formula is C13H14ClFN2. The van der Waals surface area contributed by atoms with Crippen molar-refractivity contribution < 1.29 is 4.39 Å². The van der Waals surface area contributed by atoms with Crippen LogP contribution in [0.25, 0.3) is 10.9 Å². The summed E-state index contributed by atoms with van der Waals surface area (Å²) in [7, 11) is 0. The highest BCUT2D eigenvalue weighted by molar-refractivity contribution is 6.31. The standard InChI is InChI=1S/C13H14ClFN2/c1-3-6-16-13-8(2)7-9-4-5-10(14)11(15)12(9)17-13/h4-5,7H,3,6H2,1-2H3,(H,16,17). The second-order valence-corrected chi connectivity index (χ2v) is 4.42. The van der Waals surface area contributed by atoms with Crippen LogP contribution in [0.1, 0.15) is 18.9 Å². The Morgan fingerprint density at radius 1 is 1.41 bits per heavy atom. The summed E-state index contributed by atoms with van der Waals surface area (Å²) in [6.45, 7) is 4.85. The lowest BCUT2D eigenvalue weighted by molar-refractivity contribution is 0.637. The summed E-state index contributed by atoms with van der Waals surface area (Å²) in [6, 6.07) is 5.25. The fourth-order valence-electron chi connectivity index (χ4n) is 1.71. The van der Waals surface area contributed by atoms with E-state index in [1.54, 1.807) is 12.1 Å². The Hall–Kier alpha value is -1.35. The average Bonchev–Trinajstić information content (AvgIpc) is 2.32. The lowest BCUT2D eigenvalue weighted by Crippen LogP contribution is -2.04. The number of nitrogens with zero attached hydrogens (tertiary/aromatic N) is 1. The fraction of sp³-hybridized carbons (Fsp3) is 0.308. The predicted octanol–water partition coefficient (Wildman–Crippen LogP) is 4.16. The fourth-order valence-corrected chi connectivity index (χ4v) is 1.86. The summed E-state index contributed by atoms with van der Waals surface area (Å²) < 4.78 is 13.8. The second kappa shape index (κ2) is 4.88. The van der Waals surface area contributed by atoms with Gasteiger partial charge in [-0.1, -0.05) is 24.6 Å². The highest BCUT2D eigenvalue weighted by atomic mass is 35.5. The summed E-state index contributed by atoms with van der Waals surface area (Å²) in [4.78, 5) is 4.30. The molecular weight excluding hydrogens is 239 g/mol. The molecule has 2 nitrogen and oxygen atoms in total. The maximum Gasteiger partial charge on any atom is 0.168 e. The topological polar surface area (TPSA) is 24.9 Å².